The molecule has 10 heteroatoms. The number of aromatic amines is 1. The Balaban J connectivity index is 1.20. The Labute approximate surface area is 281 Å². The molecule has 2 bridgehead atoms. The molecular weight excluding hydrogens is 615 g/mol. The van der Waals surface area contributed by atoms with Crippen LogP contribution in [0.15, 0.2) is 24.3 Å². The highest BCUT2D eigenvalue weighted by molar-refractivity contribution is 7.98. The maximum absolute atomic E-state index is 14.0. The van der Waals surface area contributed by atoms with E-state index >= 15 is 0 Å². The summed E-state index contributed by atoms with van der Waals surface area (Å²) in [5.74, 6) is 0.821. The Kier molecular flexibility index (Phi) is 9.72. The number of carbonyl (C=O) groups is 3. The monoisotopic (exact) mass is 663 g/mol. The number of benzene rings is 1. The second-order valence-electron chi connectivity index (χ2n) is 14.4. The Morgan fingerprint density at radius 1 is 1.09 bits per heavy atom. The van der Waals surface area contributed by atoms with Gasteiger partial charge in [-0.25, -0.2) is 0 Å². The van der Waals surface area contributed by atoms with Crippen molar-refractivity contribution >= 4 is 50.9 Å². The number of rotatable bonds is 12. The normalized spacial score (nSPS) is 22.8. The van der Waals surface area contributed by atoms with E-state index in [1.807, 2.05) is 6.26 Å². The van der Waals surface area contributed by atoms with Gasteiger partial charge in [0.05, 0.1) is 11.1 Å². The summed E-state index contributed by atoms with van der Waals surface area (Å²) in [5.41, 5.74) is 11.1. The quantitative estimate of drug-likeness (QED) is 0.218. The highest BCUT2D eigenvalue weighted by Crippen LogP contribution is 2.45. The molecule has 3 aromatic rings. The highest BCUT2D eigenvalue weighted by atomic mass is 32.2. The van der Waals surface area contributed by atoms with Crippen LogP contribution in [0.5, 0.6) is 0 Å². The largest absolute Gasteiger partial charge is 0.368 e. The van der Waals surface area contributed by atoms with Gasteiger partial charge in [0.2, 0.25) is 11.8 Å². The lowest BCUT2D eigenvalue weighted by atomic mass is 9.76. The number of carbonyl (C=O) groups excluding carboxylic acids is 3. The van der Waals surface area contributed by atoms with Crippen molar-refractivity contribution in [1.82, 2.24) is 20.5 Å². The Morgan fingerprint density at radius 2 is 1.80 bits per heavy atom. The molecule has 4 atom stereocenters. The second-order valence-corrected chi connectivity index (χ2v) is 16.3. The molecule has 248 valence electrons. The van der Waals surface area contributed by atoms with E-state index in [0.29, 0.717) is 23.5 Å². The van der Waals surface area contributed by atoms with E-state index in [2.05, 4.69) is 72.5 Å². The number of primary amides is 1. The van der Waals surface area contributed by atoms with E-state index in [1.165, 1.54) is 45.1 Å². The van der Waals surface area contributed by atoms with Crippen LogP contribution in [0.4, 0.5) is 0 Å². The smallest absolute Gasteiger partial charge is 0.240 e. The number of thioether (sulfide) groups is 1. The van der Waals surface area contributed by atoms with Crippen molar-refractivity contribution < 1.29 is 14.4 Å². The molecule has 1 aliphatic carbocycles. The summed E-state index contributed by atoms with van der Waals surface area (Å²) in [5, 5.41) is 7.68. The van der Waals surface area contributed by atoms with Crippen molar-refractivity contribution in [2.45, 2.75) is 77.3 Å². The summed E-state index contributed by atoms with van der Waals surface area (Å²) < 4.78 is 0. The van der Waals surface area contributed by atoms with Crippen LogP contribution in [0.1, 0.15) is 61.1 Å². The van der Waals surface area contributed by atoms with Gasteiger partial charge in [0, 0.05) is 40.4 Å². The topological polar surface area (TPSA) is 120 Å². The Hall–Kier alpha value is -2.66. The van der Waals surface area contributed by atoms with Crippen LogP contribution >= 0.6 is 23.1 Å². The minimum Gasteiger partial charge on any atom is -0.368 e. The number of nitrogens with zero attached hydrogens (tertiary/aromatic N) is 1. The van der Waals surface area contributed by atoms with Crippen molar-refractivity contribution in [2.24, 2.45) is 23.5 Å². The molecule has 3 fully saturated rings. The maximum atomic E-state index is 14.0. The number of aryl methyl sites for hydroxylation is 2. The highest BCUT2D eigenvalue weighted by Gasteiger charge is 2.50. The number of H-pyrrole nitrogens is 1. The molecule has 6 rings (SSSR count). The summed E-state index contributed by atoms with van der Waals surface area (Å²) >= 11 is 3.24. The van der Waals surface area contributed by atoms with Crippen molar-refractivity contribution in [3.63, 3.8) is 0 Å². The van der Waals surface area contributed by atoms with Crippen molar-refractivity contribution in [2.75, 3.05) is 38.2 Å². The van der Waals surface area contributed by atoms with Crippen LogP contribution < -0.4 is 16.4 Å². The van der Waals surface area contributed by atoms with Gasteiger partial charge in [0.15, 0.2) is 0 Å². The second kappa shape index (κ2) is 13.5. The molecule has 4 unspecified atom stereocenters. The predicted molar refractivity (Wildman–Crippen MR) is 189 cm³/mol. The van der Waals surface area contributed by atoms with E-state index in [1.54, 1.807) is 11.3 Å². The number of piperidine rings is 2. The molecule has 5 N–H and O–H groups in total. The van der Waals surface area contributed by atoms with E-state index in [9.17, 15) is 14.4 Å². The van der Waals surface area contributed by atoms with Crippen LogP contribution in [0.25, 0.3) is 21.5 Å². The zero-order chi connectivity index (χ0) is 32.7. The molecule has 2 amide bonds. The molecule has 0 spiro atoms. The van der Waals surface area contributed by atoms with Gasteiger partial charge in [-0.05, 0) is 121 Å². The van der Waals surface area contributed by atoms with Gasteiger partial charge in [-0.3, -0.25) is 14.4 Å². The third-order valence-corrected chi connectivity index (χ3v) is 12.7. The van der Waals surface area contributed by atoms with Crippen LogP contribution in [-0.2, 0) is 26.2 Å². The zero-order valence-corrected chi connectivity index (χ0v) is 29.5. The fraction of sp³-hybridized carbons (Fsp3) is 0.583. The molecule has 2 aromatic heterocycles. The lowest BCUT2D eigenvalue weighted by Gasteiger charge is -2.32. The Morgan fingerprint density at radius 3 is 2.39 bits per heavy atom. The summed E-state index contributed by atoms with van der Waals surface area (Å²) in [6.07, 6.45) is 6.57. The van der Waals surface area contributed by atoms with E-state index in [0.717, 1.165) is 68.0 Å². The lowest BCUT2D eigenvalue weighted by Crippen LogP contribution is -2.49. The van der Waals surface area contributed by atoms with E-state index in [-0.39, 0.29) is 17.7 Å². The van der Waals surface area contributed by atoms with E-state index in [4.69, 9.17) is 5.73 Å². The molecule has 3 aliphatic rings. The van der Waals surface area contributed by atoms with Crippen LogP contribution in [0.3, 0.4) is 0 Å². The summed E-state index contributed by atoms with van der Waals surface area (Å²) in [6.45, 7) is 12.1. The first-order valence-corrected chi connectivity index (χ1v) is 19.0. The molecule has 46 heavy (non-hydrogen) atoms. The van der Waals surface area contributed by atoms with Gasteiger partial charge in [0.1, 0.15) is 16.7 Å². The molecule has 1 aromatic carbocycles. The molecular formula is C36H49N5O3S2. The number of hydrogen-bond donors (Lipinski definition) is 4. The van der Waals surface area contributed by atoms with Gasteiger partial charge < -0.3 is 26.3 Å². The van der Waals surface area contributed by atoms with Gasteiger partial charge in [-0.2, -0.15) is 11.8 Å². The SMILES string of the molecule is CSCC(NC(=O)C1CCN(CCc2c(-c3cc(C)cc(C)c3)[nH]c3sc(C(C)(C)C(=O)C4C5CCC4NC5)cc23)CC1)C(N)=O. The molecule has 0 radical (unpaired) electrons. The lowest BCUT2D eigenvalue weighted by molar-refractivity contribution is -0.130. The van der Waals surface area contributed by atoms with Crippen LogP contribution in [0, 0.1) is 31.6 Å². The third kappa shape index (κ3) is 6.55. The summed E-state index contributed by atoms with van der Waals surface area (Å²) in [4.78, 5) is 47.2. The van der Waals surface area contributed by atoms with Crippen LogP contribution in [0.2, 0.25) is 0 Å². The number of likely N-dealkylation sites (tertiary alicyclic amines) is 1. The zero-order valence-electron chi connectivity index (χ0n) is 27.8. The van der Waals surface area contributed by atoms with E-state index < -0.39 is 17.4 Å². The minimum atomic E-state index is -0.624. The maximum Gasteiger partial charge on any atom is 0.240 e. The standard InChI is InChI=1S/C36H49N5O3S2/c1-20-14-21(2)16-24(15-20)31-25(10-13-41-11-8-22(9-12-41)34(44)39-28(19-45-5)33(37)43)26-17-29(46-35(26)40-31)36(3,4)32(42)30-23-6-7-27(30)38-18-23/h14-17,22-23,27-28,30,38,40H,6-13,18-19H2,1-5H3,(H2,37,43)(H,39,44). The fourth-order valence-corrected chi connectivity index (χ4v) is 9.86. The third-order valence-electron chi connectivity index (χ3n) is 10.7. The summed E-state index contributed by atoms with van der Waals surface area (Å²) in [6, 6.07) is 8.72. The number of hydrogen-bond acceptors (Lipinski definition) is 7. The number of amides is 2. The number of ketones is 1. The van der Waals surface area contributed by atoms with Crippen LogP contribution in [-0.4, -0.2) is 77.8 Å². The first-order valence-electron chi connectivity index (χ1n) is 16.8. The minimum absolute atomic E-state index is 0.0636. The molecule has 2 aliphatic heterocycles. The van der Waals surface area contributed by atoms with Crippen molar-refractivity contribution in [3.05, 3.63) is 45.8 Å². The number of nitrogens with two attached hydrogens (primary N) is 1. The van der Waals surface area contributed by atoms with Gasteiger partial charge in [-0.1, -0.05) is 17.2 Å². The number of thiophene rings is 1. The fourth-order valence-electron chi connectivity index (χ4n) is 8.08. The number of fused-ring (bicyclic) bond motifs is 3. The van der Waals surface area contributed by atoms with Gasteiger partial charge >= 0.3 is 0 Å². The summed E-state index contributed by atoms with van der Waals surface area (Å²) in [7, 11) is 0. The average Bonchev–Trinajstić information content (AvgIpc) is 3.80. The average molecular weight is 664 g/mol. The van der Waals surface area contributed by atoms with Gasteiger partial charge in [0.25, 0.3) is 0 Å². The van der Waals surface area contributed by atoms with Gasteiger partial charge in [-0.15, -0.1) is 11.3 Å². The first kappa shape index (κ1) is 33.2. The predicted octanol–water partition coefficient (Wildman–Crippen LogP) is 4.95. The molecule has 8 nitrogen and oxygen atoms in total. The van der Waals surface area contributed by atoms with Crippen molar-refractivity contribution in [1.29, 1.82) is 0 Å². The van der Waals surface area contributed by atoms with Crippen molar-refractivity contribution in [3.8, 4) is 11.3 Å². The molecule has 2 saturated heterocycles. The Bertz CT molecular complexity index is 1580. The first-order chi connectivity index (χ1) is 22.0. The molecule has 1 saturated carbocycles. The molecule has 4 heterocycles. The number of Topliss-reactive ketones (excluding diaryl/α,β-unsaturated/α-hetero) is 1. The number of nitrogens with one attached hydrogen (secondary N) is 3. The number of aromatic nitrogens is 1.